The highest BCUT2D eigenvalue weighted by Gasteiger charge is 2.28. The van der Waals surface area contributed by atoms with Gasteiger partial charge in [0.15, 0.2) is 0 Å². The van der Waals surface area contributed by atoms with Crippen LogP contribution in [0.4, 0.5) is 0 Å². The molecule has 0 N–H and O–H groups in total. The lowest BCUT2D eigenvalue weighted by molar-refractivity contribution is 0.0522. The van der Waals surface area contributed by atoms with Gasteiger partial charge in [-0.1, -0.05) is 57.2 Å². The van der Waals surface area contributed by atoms with Crippen molar-refractivity contribution in [1.29, 1.82) is 0 Å². The van der Waals surface area contributed by atoms with E-state index in [1.165, 1.54) is 0 Å². The van der Waals surface area contributed by atoms with E-state index in [-0.39, 0.29) is 11.4 Å². The molecule has 0 spiro atoms. The Morgan fingerprint density at radius 3 is 2.45 bits per heavy atom. The summed E-state index contributed by atoms with van der Waals surface area (Å²) in [6.07, 6.45) is 5.39. The van der Waals surface area contributed by atoms with Crippen LogP contribution in [0.1, 0.15) is 54.9 Å². The van der Waals surface area contributed by atoms with Gasteiger partial charge in [-0.15, -0.1) is 0 Å². The Hall–Kier alpha value is -2.29. The predicted molar refractivity (Wildman–Crippen MR) is 88.7 cm³/mol. The fourth-order valence-corrected chi connectivity index (χ4v) is 2.20. The molecule has 0 atom stereocenters. The molecule has 2 aromatic rings. The zero-order valence-corrected chi connectivity index (χ0v) is 13.6. The van der Waals surface area contributed by atoms with E-state index in [2.05, 4.69) is 0 Å². The number of furan rings is 1. The smallest absolute Gasteiger partial charge is 0.342 e. The normalized spacial score (nSPS) is 11.8. The summed E-state index contributed by atoms with van der Waals surface area (Å²) < 4.78 is 10.8. The lowest BCUT2D eigenvalue weighted by atomic mass is 9.85. The third-order valence-corrected chi connectivity index (χ3v) is 3.33. The quantitative estimate of drug-likeness (QED) is 0.752. The number of rotatable bonds is 4. The molecule has 0 bridgehead atoms. The highest BCUT2D eigenvalue weighted by molar-refractivity contribution is 5.95. The molecule has 0 radical (unpaired) electrons. The summed E-state index contributed by atoms with van der Waals surface area (Å²) in [5, 5.41) is 0. The maximum absolute atomic E-state index is 12.3. The van der Waals surface area contributed by atoms with Crippen molar-refractivity contribution in [1.82, 2.24) is 0 Å². The van der Waals surface area contributed by atoms with Crippen molar-refractivity contribution in [3.63, 3.8) is 0 Å². The minimum absolute atomic E-state index is 0.190. The van der Waals surface area contributed by atoms with E-state index in [0.29, 0.717) is 17.9 Å². The molecule has 0 aliphatic carbocycles. The van der Waals surface area contributed by atoms with E-state index in [1.54, 1.807) is 13.2 Å². The fourth-order valence-electron chi connectivity index (χ4n) is 2.20. The van der Waals surface area contributed by atoms with Gasteiger partial charge in [0.05, 0.1) is 12.9 Å². The molecule has 0 saturated carbocycles. The monoisotopic (exact) mass is 298 g/mol. The van der Waals surface area contributed by atoms with Crippen molar-refractivity contribution in [3.8, 4) is 0 Å². The number of esters is 1. The van der Waals surface area contributed by atoms with Gasteiger partial charge in [-0.2, -0.15) is 0 Å². The van der Waals surface area contributed by atoms with E-state index in [4.69, 9.17) is 9.15 Å². The van der Waals surface area contributed by atoms with Gasteiger partial charge in [0.2, 0.25) is 0 Å². The van der Waals surface area contributed by atoms with Crippen LogP contribution < -0.4 is 0 Å². The van der Waals surface area contributed by atoms with E-state index < -0.39 is 0 Å². The van der Waals surface area contributed by atoms with Crippen LogP contribution in [-0.2, 0) is 10.2 Å². The number of hydrogen-bond donors (Lipinski definition) is 0. The maximum atomic E-state index is 12.3. The molecule has 116 valence electrons. The lowest BCUT2D eigenvalue weighted by Crippen LogP contribution is -2.17. The zero-order chi connectivity index (χ0) is 16.2. The van der Waals surface area contributed by atoms with Crippen LogP contribution >= 0.6 is 0 Å². The van der Waals surface area contributed by atoms with Crippen LogP contribution in [0.2, 0.25) is 0 Å². The first-order chi connectivity index (χ1) is 10.4. The Labute approximate surface area is 131 Å². The van der Waals surface area contributed by atoms with Crippen molar-refractivity contribution >= 4 is 18.1 Å². The van der Waals surface area contributed by atoms with Crippen LogP contribution in [0, 0.1) is 0 Å². The molecule has 0 aliphatic rings. The summed E-state index contributed by atoms with van der Waals surface area (Å²) in [6, 6.07) is 9.89. The van der Waals surface area contributed by atoms with Gasteiger partial charge >= 0.3 is 5.97 Å². The van der Waals surface area contributed by atoms with E-state index in [1.807, 2.05) is 63.3 Å². The summed E-state index contributed by atoms with van der Waals surface area (Å²) >= 11 is 0. The first-order valence-corrected chi connectivity index (χ1v) is 7.45. The van der Waals surface area contributed by atoms with Gasteiger partial charge < -0.3 is 9.15 Å². The Kier molecular flexibility index (Phi) is 4.86. The second kappa shape index (κ2) is 6.65. The van der Waals surface area contributed by atoms with Gasteiger partial charge in [0, 0.05) is 5.56 Å². The minimum Gasteiger partial charge on any atom is -0.464 e. The molecule has 1 aromatic carbocycles. The summed E-state index contributed by atoms with van der Waals surface area (Å²) in [5.74, 6) is 0.195. The van der Waals surface area contributed by atoms with Crippen LogP contribution in [0.25, 0.3) is 12.2 Å². The van der Waals surface area contributed by atoms with Crippen molar-refractivity contribution in [2.45, 2.75) is 33.1 Å². The van der Waals surface area contributed by atoms with Gasteiger partial charge in [-0.05, 0) is 24.0 Å². The molecule has 0 aliphatic heterocycles. The standard InChI is InChI=1S/C19H22O3/c1-5-21-18(20)17-15(19(2,3)4)13-22-16(17)12-11-14-9-7-6-8-10-14/h6-13H,5H2,1-4H3/b12-11+. The molecule has 22 heavy (non-hydrogen) atoms. The van der Waals surface area contributed by atoms with Crippen LogP contribution in [0.5, 0.6) is 0 Å². The van der Waals surface area contributed by atoms with Gasteiger partial charge in [0.1, 0.15) is 11.3 Å². The largest absolute Gasteiger partial charge is 0.464 e. The first kappa shape index (κ1) is 16.1. The molecule has 0 unspecified atom stereocenters. The SMILES string of the molecule is CCOC(=O)c1c(C(C)(C)C)coc1/C=C/c1ccccc1. The molecule has 0 saturated heterocycles. The van der Waals surface area contributed by atoms with E-state index in [0.717, 1.165) is 11.1 Å². The molecule has 2 rings (SSSR count). The maximum Gasteiger partial charge on any atom is 0.342 e. The average molecular weight is 298 g/mol. The summed E-state index contributed by atoms with van der Waals surface area (Å²) in [7, 11) is 0. The molecule has 0 fully saturated rings. The zero-order valence-electron chi connectivity index (χ0n) is 13.6. The van der Waals surface area contributed by atoms with Gasteiger partial charge in [0.25, 0.3) is 0 Å². The second-order valence-corrected chi connectivity index (χ2v) is 6.10. The average Bonchev–Trinajstić information content (AvgIpc) is 2.90. The van der Waals surface area contributed by atoms with Crippen molar-refractivity contribution in [3.05, 3.63) is 59.0 Å². The molecular formula is C19H22O3. The summed E-state index contributed by atoms with van der Waals surface area (Å²) in [6.45, 7) is 8.28. The number of hydrogen-bond acceptors (Lipinski definition) is 3. The number of carbonyl (C=O) groups is 1. The van der Waals surface area contributed by atoms with Crippen molar-refractivity contribution < 1.29 is 13.9 Å². The van der Waals surface area contributed by atoms with Gasteiger partial charge in [-0.3, -0.25) is 0 Å². The topological polar surface area (TPSA) is 39.4 Å². The summed E-state index contributed by atoms with van der Waals surface area (Å²) in [4.78, 5) is 12.3. The third kappa shape index (κ3) is 3.67. The molecule has 0 amide bonds. The molecule has 1 aromatic heterocycles. The molecular weight excluding hydrogens is 276 g/mol. The molecule has 1 heterocycles. The Morgan fingerprint density at radius 2 is 1.86 bits per heavy atom. The number of benzene rings is 1. The second-order valence-electron chi connectivity index (χ2n) is 6.10. The first-order valence-electron chi connectivity index (χ1n) is 7.45. The van der Waals surface area contributed by atoms with Gasteiger partial charge in [-0.25, -0.2) is 4.79 Å². The number of carbonyl (C=O) groups excluding carboxylic acids is 1. The Morgan fingerprint density at radius 1 is 1.18 bits per heavy atom. The molecule has 3 heteroatoms. The Balaban J connectivity index is 2.41. The summed E-state index contributed by atoms with van der Waals surface area (Å²) in [5.41, 5.74) is 2.23. The lowest BCUT2D eigenvalue weighted by Gasteiger charge is -2.17. The number of ether oxygens (including phenoxy) is 1. The third-order valence-electron chi connectivity index (χ3n) is 3.33. The highest BCUT2D eigenvalue weighted by atomic mass is 16.5. The van der Waals surface area contributed by atoms with Crippen molar-refractivity contribution in [2.75, 3.05) is 6.61 Å². The molecule has 3 nitrogen and oxygen atoms in total. The fraction of sp³-hybridized carbons (Fsp3) is 0.316. The van der Waals surface area contributed by atoms with Crippen LogP contribution in [0.3, 0.4) is 0 Å². The minimum atomic E-state index is -0.339. The van der Waals surface area contributed by atoms with Crippen LogP contribution in [0.15, 0.2) is 41.0 Å². The van der Waals surface area contributed by atoms with Crippen molar-refractivity contribution in [2.24, 2.45) is 0 Å². The van der Waals surface area contributed by atoms with Crippen LogP contribution in [-0.4, -0.2) is 12.6 Å². The van der Waals surface area contributed by atoms with E-state index >= 15 is 0 Å². The Bertz CT molecular complexity index is 658. The predicted octanol–water partition coefficient (Wildman–Crippen LogP) is 4.92. The van der Waals surface area contributed by atoms with E-state index in [9.17, 15) is 4.79 Å². The highest BCUT2D eigenvalue weighted by Crippen LogP contribution is 2.31.